The Morgan fingerprint density at radius 1 is 1.31 bits per heavy atom. The monoisotopic (exact) mass is 353 g/mol. The number of nitro groups is 1. The average molecular weight is 353 g/mol. The van der Waals surface area contributed by atoms with E-state index in [4.69, 9.17) is 14.5 Å². The number of ether oxygens (including phenoxy) is 2. The zero-order valence-corrected chi connectivity index (χ0v) is 14.4. The van der Waals surface area contributed by atoms with Crippen LogP contribution in [-0.2, 0) is 17.8 Å². The summed E-state index contributed by atoms with van der Waals surface area (Å²) in [6.07, 6.45) is 3.01. The van der Waals surface area contributed by atoms with Crippen LogP contribution in [0, 0.1) is 10.1 Å². The van der Waals surface area contributed by atoms with Crippen molar-refractivity contribution in [2.45, 2.75) is 31.9 Å². The Morgan fingerprint density at radius 2 is 2.19 bits per heavy atom. The number of non-ortho nitro benzene ring substituents is 1. The molecule has 1 N–H and O–H groups in total. The predicted octanol–water partition coefficient (Wildman–Crippen LogP) is 3.98. The van der Waals surface area contributed by atoms with E-state index in [9.17, 15) is 10.1 Å². The van der Waals surface area contributed by atoms with Crippen LogP contribution in [-0.4, -0.2) is 18.1 Å². The van der Waals surface area contributed by atoms with E-state index in [1.807, 2.05) is 12.1 Å². The van der Waals surface area contributed by atoms with Crippen molar-refractivity contribution in [3.05, 3.63) is 63.2 Å². The molecule has 7 heteroatoms. The number of hydrogen-bond donors (Lipinski definition) is 1. The molecular formula is C19H19N3O4. The molecule has 7 nitrogen and oxygen atoms in total. The van der Waals surface area contributed by atoms with Crippen molar-refractivity contribution in [2.24, 2.45) is 4.99 Å². The number of methoxy groups -OCH3 is 1. The lowest BCUT2D eigenvalue weighted by Crippen LogP contribution is -2.24. The Kier molecular flexibility index (Phi) is 4.20. The summed E-state index contributed by atoms with van der Waals surface area (Å²) in [7, 11) is 1.67. The van der Waals surface area contributed by atoms with Crippen LogP contribution in [0.1, 0.15) is 35.6 Å². The van der Waals surface area contributed by atoms with E-state index in [2.05, 4.69) is 11.4 Å². The molecular weight excluding hydrogens is 334 g/mol. The molecule has 2 aromatic rings. The Bertz CT molecular complexity index is 880. The van der Waals surface area contributed by atoms with Gasteiger partial charge in [-0.1, -0.05) is 12.1 Å². The molecule has 1 aliphatic carbocycles. The van der Waals surface area contributed by atoms with Crippen LogP contribution in [0.4, 0.5) is 11.4 Å². The molecule has 0 fully saturated rings. The van der Waals surface area contributed by atoms with E-state index in [1.54, 1.807) is 13.2 Å². The summed E-state index contributed by atoms with van der Waals surface area (Å²) in [6.45, 7) is 0.258. The fourth-order valence-corrected chi connectivity index (χ4v) is 3.57. The van der Waals surface area contributed by atoms with Crippen LogP contribution in [0.2, 0.25) is 0 Å². The smallest absolute Gasteiger partial charge is 0.290 e. The molecule has 0 radical (unpaired) electrons. The van der Waals surface area contributed by atoms with Crippen molar-refractivity contribution in [3.8, 4) is 5.75 Å². The van der Waals surface area contributed by atoms with Crippen LogP contribution in [0.3, 0.4) is 0 Å². The number of rotatable bonds is 3. The number of anilines is 1. The third-order valence-corrected chi connectivity index (χ3v) is 4.81. The zero-order chi connectivity index (χ0) is 18.1. The fraction of sp³-hybridized carbons (Fsp3) is 0.316. The maximum absolute atomic E-state index is 10.9. The number of nitrogens with zero attached hydrogens (tertiary/aromatic N) is 2. The predicted molar refractivity (Wildman–Crippen MR) is 97.6 cm³/mol. The lowest BCUT2D eigenvalue weighted by Gasteiger charge is -2.27. The summed E-state index contributed by atoms with van der Waals surface area (Å²) in [5.41, 5.74) is 3.97. The first-order valence-electron chi connectivity index (χ1n) is 8.56. The molecule has 0 amide bonds. The highest BCUT2D eigenvalue weighted by Gasteiger charge is 2.26. The molecule has 4 rings (SSSR count). The quantitative estimate of drug-likeness (QED) is 0.666. The molecule has 0 spiro atoms. The van der Waals surface area contributed by atoms with Crippen LogP contribution in [0.5, 0.6) is 5.75 Å². The molecule has 0 bridgehead atoms. The first-order chi connectivity index (χ1) is 12.7. The zero-order valence-electron chi connectivity index (χ0n) is 14.4. The largest absolute Gasteiger partial charge is 0.496 e. The molecule has 1 aliphatic heterocycles. The number of amidine groups is 1. The van der Waals surface area contributed by atoms with Crippen molar-refractivity contribution in [3.63, 3.8) is 0 Å². The van der Waals surface area contributed by atoms with Crippen molar-refractivity contribution < 1.29 is 14.4 Å². The van der Waals surface area contributed by atoms with Gasteiger partial charge >= 0.3 is 0 Å². The molecule has 0 aromatic heterocycles. The number of aryl methyl sites for hydroxylation is 1. The maximum atomic E-state index is 10.9. The average Bonchev–Trinajstić information content (AvgIpc) is 2.67. The molecule has 1 atom stereocenters. The molecule has 0 saturated heterocycles. The Balaban J connectivity index is 1.62. The standard InChI is InChI=1S/C19H19N3O4/c1-25-17-7-3-5-12-4-2-6-16(18(12)17)21-19-20-15-9-8-14(22(23)24)10-13(15)11-26-19/h3,5,7-10,16H,2,4,6,11H2,1H3,(H,20,21). The van der Waals surface area contributed by atoms with E-state index in [0.717, 1.165) is 41.8 Å². The fourth-order valence-electron chi connectivity index (χ4n) is 3.57. The van der Waals surface area contributed by atoms with Gasteiger partial charge in [0.05, 0.1) is 18.1 Å². The number of fused-ring (bicyclic) bond motifs is 2. The summed E-state index contributed by atoms with van der Waals surface area (Å²) < 4.78 is 11.2. The minimum Gasteiger partial charge on any atom is -0.496 e. The van der Waals surface area contributed by atoms with Gasteiger partial charge in [0.15, 0.2) is 0 Å². The molecule has 2 aliphatic rings. The molecule has 134 valence electrons. The number of aliphatic imine (C=N–C) groups is 1. The second kappa shape index (κ2) is 6.67. The van der Waals surface area contributed by atoms with Gasteiger partial charge < -0.3 is 14.8 Å². The molecule has 1 heterocycles. The van der Waals surface area contributed by atoms with Crippen LogP contribution in [0.25, 0.3) is 0 Å². The van der Waals surface area contributed by atoms with Crippen LogP contribution in [0.15, 0.2) is 41.4 Å². The normalized spacial score (nSPS) is 19.7. The van der Waals surface area contributed by atoms with Gasteiger partial charge in [0.1, 0.15) is 12.4 Å². The maximum Gasteiger partial charge on any atom is 0.290 e. The molecule has 1 unspecified atom stereocenters. The van der Waals surface area contributed by atoms with Gasteiger partial charge in [0.25, 0.3) is 11.7 Å². The number of benzene rings is 2. The second-order valence-corrected chi connectivity index (χ2v) is 6.39. The summed E-state index contributed by atoms with van der Waals surface area (Å²) in [6, 6.07) is 11.2. The molecule has 26 heavy (non-hydrogen) atoms. The van der Waals surface area contributed by atoms with E-state index in [0.29, 0.717) is 6.02 Å². The highest BCUT2D eigenvalue weighted by Crippen LogP contribution is 2.39. The highest BCUT2D eigenvalue weighted by atomic mass is 16.6. The number of hydrogen-bond acceptors (Lipinski definition) is 5. The van der Waals surface area contributed by atoms with Gasteiger partial charge in [-0.05, 0) is 37.0 Å². The molecule has 0 saturated carbocycles. The Labute approximate surface area is 150 Å². The summed E-state index contributed by atoms with van der Waals surface area (Å²) >= 11 is 0. The number of nitro benzene ring substituents is 1. The van der Waals surface area contributed by atoms with Crippen molar-refractivity contribution in [1.29, 1.82) is 0 Å². The Hall–Kier alpha value is -3.09. The second-order valence-electron chi connectivity index (χ2n) is 6.39. The SMILES string of the molecule is COc1cccc2c1C(N=C1Nc3ccc([N+](=O)[O-])cc3CO1)CCC2. The lowest BCUT2D eigenvalue weighted by molar-refractivity contribution is -0.384. The summed E-state index contributed by atoms with van der Waals surface area (Å²) in [4.78, 5) is 15.3. The third kappa shape index (κ3) is 2.96. The van der Waals surface area contributed by atoms with Crippen LogP contribution >= 0.6 is 0 Å². The van der Waals surface area contributed by atoms with Gasteiger partial charge in [0, 0.05) is 28.9 Å². The number of nitrogens with one attached hydrogen (secondary N) is 1. The van der Waals surface area contributed by atoms with Crippen LogP contribution < -0.4 is 10.1 Å². The van der Waals surface area contributed by atoms with E-state index >= 15 is 0 Å². The van der Waals surface area contributed by atoms with Gasteiger partial charge in [0.2, 0.25) is 0 Å². The summed E-state index contributed by atoms with van der Waals surface area (Å²) in [5.74, 6) is 0.850. The topological polar surface area (TPSA) is 86.0 Å². The third-order valence-electron chi connectivity index (χ3n) is 4.81. The first kappa shape index (κ1) is 16.4. The minimum atomic E-state index is -0.408. The van der Waals surface area contributed by atoms with Gasteiger partial charge in [-0.25, -0.2) is 4.99 Å². The van der Waals surface area contributed by atoms with E-state index in [-0.39, 0.29) is 18.3 Å². The van der Waals surface area contributed by atoms with Gasteiger partial charge in [-0.15, -0.1) is 0 Å². The molecule has 2 aromatic carbocycles. The van der Waals surface area contributed by atoms with Gasteiger partial charge in [-0.2, -0.15) is 0 Å². The Morgan fingerprint density at radius 3 is 3.00 bits per heavy atom. The van der Waals surface area contributed by atoms with Gasteiger partial charge in [-0.3, -0.25) is 10.1 Å². The van der Waals surface area contributed by atoms with E-state index in [1.165, 1.54) is 17.7 Å². The van der Waals surface area contributed by atoms with Crippen molar-refractivity contribution in [1.82, 2.24) is 0 Å². The van der Waals surface area contributed by atoms with Crippen molar-refractivity contribution in [2.75, 3.05) is 12.4 Å². The lowest BCUT2D eigenvalue weighted by atomic mass is 9.87. The van der Waals surface area contributed by atoms with Crippen molar-refractivity contribution >= 4 is 17.4 Å². The minimum absolute atomic E-state index is 0.0306. The first-order valence-corrected chi connectivity index (χ1v) is 8.56. The highest BCUT2D eigenvalue weighted by molar-refractivity contribution is 5.92. The summed E-state index contributed by atoms with van der Waals surface area (Å²) in [5, 5.41) is 14.0. The van der Waals surface area contributed by atoms with E-state index < -0.39 is 4.92 Å².